The van der Waals surface area contributed by atoms with Gasteiger partial charge in [-0.15, -0.1) is 0 Å². The number of rotatable bonds is 6. The van der Waals surface area contributed by atoms with E-state index in [0.717, 1.165) is 32.1 Å². The van der Waals surface area contributed by atoms with Crippen LogP contribution in [0.5, 0.6) is 0 Å². The minimum Gasteiger partial charge on any atom is -0.396 e. The standard InChI is InChI=1S/C19H30N6O/c1-3-4-8-12(2)25-17-14(15(20)16(21)18(25)26)11-22-19(24-17)23-13-9-6-5-7-10-13/h11-13H,3-10,20-21H2,1-2H3,(H,22,23,24). The molecule has 7 heteroatoms. The van der Waals surface area contributed by atoms with Gasteiger partial charge < -0.3 is 16.8 Å². The van der Waals surface area contributed by atoms with Gasteiger partial charge >= 0.3 is 0 Å². The summed E-state index contributed by atoms with van der Waals surface area (Å²) >= 11 is 0. The Labute approximate surface area is 154 Å². The Bertz CT molecular complexity index is 825. The van der Waals surface area contributed by atoms with Gasteiger partial charge in [0.2, 0.25) is 5.95 Å². The molecule has 26 heavy (non-hydrogen) atoms. The van der Waals surface area contributed by atoms with Crippen molar-refractivity contribution in [3.05, 3.63) is 16.6 Å². The molecule has 2 aromatic rings. The summed E-state index contributed by atoms with van der Waals surface area (Å²) in [5.74, 6) is 0.560. The average molecular weight is 358 g/mol. The summed E-state index contributed by atoms with van der Waals surface area (Å²) in [6.45, 7) is 4.17. The van der Waals surface area contributed by atoms with E-state index >= 15 is 0 Å². The van der Waals surface area contributed by atoms with Gasteiger partial charge in [-0.2, -0.15) is 4.98 Å². The Morgan fingerprint density at radius 2 is 2.00 bits per heavy atom. The molecule has 0 radical (unpaired) electrons. The number of unbranched alkanes of at least 4 members (excludes halogenated alkanes) is 1. The quantitative estimate of drug-likeness (QED) is 0.729. The van der Waals surface area contributed by atoms with Gasteiger partial charge in [-0.1, -0.05) is 39.0 Å². The lowest BCUT2D eigenvalue weighted by Gasteiger charge is -2.23. The first-order valence-corrected chi connectivity index (χ1v) is 9.75. The van der Waals surface area contributed by atoms with E-state index in [0.29, 0.717) is 23.0 Å². The van der Waals surface area contributed by atoms with E-state index in [-0.39, 0.29) is 23.0 Å². The molecule has 0 aliphatic heterocycles. The van der Waals surface area contributed by atoms with E-state index in [4.69, 9.17) is 11.5 Å². The minimum absolute atomic E-state index is 0.00489. The number of nitrogens with zero attached hydrogens (tertiary/aromatic N) is 3. The van der Waals surface area contributed by atoms with Gasteiger partial charge in [-0.3, -0.25) is 9.36 Å². The number of aromatic nitrogens is 3. The molecule has 2 heterocycles. The van der Waals surface area contributed by atoms with E-state index in [1.54, 1.807) is 10.8 Å². The van der Waals surface area contributed by atoms with Crippen LogP contribution in [0, 0.1) is 0 Å². The van der Waals surface area contributed by atoms with Crippen LogP contribution in [0.25, 0.3) is 11.0 Å². The zero-order chi connectivity index (χ0) is 18.7. The smallest absolute Gasteiger partial charge is 0.277 e. The molecule has 1 aliphatic carbocycles. The molecule has 1 saturated carbocycles. The van der Waals surface area contributed by atoms with E-state index in [1.807, 2.05) is 6.92 Å². The topological polar surface area (TPSA) is 112 Å². The minimum atomic E-state index is -0.263. The van der Waals surface area contributed by atoms with Crippen LogP contribution in [0.4, 0.5) is 17.3 Å². The van der Waals surface area contributed by atoms with Crippen molar-refractivity contribution in [3.8, 4) is 0 Å². The van der Waals surface area contributed by atoms with E-state index in [1.165, 1.54) is 19.3 Å². The molecular formula is C19H30N6O. The first-order valence-electron chi connectivity index (χ1n) is 9.75. The summed E-state index contributed by atoms with van der Waals surface area (Å²) in [6.07, 6.45) is 10.7. The second kappa shape index (κ2) is 7.93. The van der Waals surface area contributed by atoms with Crippen molar-refractivity contribution in [2.75, 3.05) is 16.8 Å². The van der Waals surface area contributed by atoms with Gasteiger partial charge in [0.15, 0.2) is 5.65 Å². The van der Waals surface area contributed by atoms with Crippen LogP contribution in [-0.2, 0) is 0 Å². The highest BCUT2D eigenvalue weighted by Crippen LogP contribution is 2.27. The van der Waals surface area contributed by atoms with Crippen LogP contribution < -0.4 is 22.3 Å². The van der Waals surface area contributed by atoms with Crippen LogP contribution in [0.2, 0.25) is 0 Å². The molecule has 2 aromatic heterocycles. The fourth-order valence-electron chi connectivity index (χ4n) is 3.77. The van der Waals surface area contributed by atoms with Gasteiger partial charge in [0.05, 0.1) is 11.1 Å². The van der Waals surface area contributed by atoms with Crippen molar-refractivity contribution in [1.29, 1.82) is 0 Å². The summed E-state index contributed by atoms with van der Waals surface area (Å²) < 4.78 is 1.68. The Balaban J connectivity index is 2.04. The molecule has 5 N–H and O–H groups in total. The molecule has 0 aromatic carbocycles. The summed E-state index contributed by atoms with van der Waals surface area (Å²) in [4.78, 5) is 21.9. The fourth-order valence-corrected chi connectivity index (χ4v) is 3.77. The van der Waals surface area contributed by atoms with Gasteiger partial charge in [0.1, 0.15) is 5.69 Å². The fraction of sp³-hybridized carbons (Fsp3) is 0.632. The summed E-state index contributed by atoms with van der Waals surface area (Å²) in [7, 11) is 0. The Morgan fingerprint density at radius 3 is 2.69 bits per heavy atom. The Kier molecular flexibility index (Phi) is 5.64. The molecule has 1 aliphatic rings. The molecular weight excluding hydrogens is 328 g/mol. The number of nitrogens with two attached hydrogens (primary N) is 2. The molecule has 0 bridgehead atoms. The predicted molar refractivity (Wildman–Crippen MR) is 107 cm³/mol. The van der Waals surface area contributed by atoms with Crippen molar-refractivity contribution in [2.24, 2.45) is 0 Å². The molecule has 7 nitrogen and oxygen atoms in total. The SMILES string of the molecule is CCCCC(C)n1c(=O)c(N)c(N)c2cnc(NC3CCCCC3)nc21. The predicted octanol–water partition coefficient (Wildman–Crippen LogP) is 3.45. The van der Waals surface area contributed by atoms with Gasteiger partial charge in [-0.05, 0) is 26.2 Å². The molecule has 142 valence electrons. The van der Waals surface area contributed by atoms with Crippen molar-refractivity contribution in [1.82, 2.24) is 14.5 Å². The third-order valence-electron chi connectivity index (χ3n) is 5.38. The molecule has 1 atom stereocenters. The maximum Gasteiger partial charge on any atom is 0.277 e. The molecule has 0 spiro atoms. The number of fused-ring (bicyclic) bond motifs is 1. The molecule has 1 unspecified atom stereocenters. The van der Waals surface area contributed by atoms with E-state index in [9.17, 15) is 4.79 Å². The van der Waals surface area contributed by atoms with Crippen LogP contribution in [0.15, 0.2) is 11.0 Å². The van der Waals surface area contributed by atoms with Crippen LogP contribution in [0.3, 0.4) is 0 Å². The first kappa shape index (κ1) is 18.5. The highest BCUT2D eigenvalue weighted by atomic mass is 16.1. The molecule has 1 fully saturated rings. The van der Waals surface area contributed by atoms with Crippen LogP contribution >= 0.6 is 0 Å². The largest absolute Gasteiger partial charge is 0.396 e. The average Bonchev–Trinajstić information content (AvgIpc) is 2.65. The molecule has 3 rings (SSSR count). The number of pyridine rings is 1. The maximum absolute atomic E-state index is 12.8. The molecule has 0 saturated heterocycles. The number of anilines is 3. The Hall–Kier alpha value is -2.31. The first-order chi connectivity index (χ1) is 12.5. The van der Waals surface area contributed by atoms with Gasteiger partial charge in [0.25, 0.3) is 5.56 Å². The normalized spacial score (nSPS) is 16.7. The highest BCUT2D eigenvalue weighted by molar-refractivity contribution is 5.93. The lowest BCUT2D eigenvalue weighted by molar-refractivity contribution is 0.460. The van der Waals surface area contributed by atoms with Gasteiger partial charge in [-0.25, -0.2) is 4.98 Å². The number of hydrogen-bond acceptors (Lipinski definition) is 6. The van der Waals surface area contributed by atoms with E-state index < -0.39 is 0 Å². The van der Waals surface area contributed by atoms with Crippen LogP contribution in [0.1, 0.15) is 71.3 Å². The third-order valence-corrected chi connectivity index (χ3v) is 5.38. The lowest BCUT2D eigenvalue weighted by atomic mass is 9.96. The van der Waals surface area contributed by atoms with Crippen molar-refractivity contribution in [2.45, 2.75) is 77.3 Å². The highest BCUT2D eigenvalue weighted by Gasteiger charge is 2.20. The summed E-state index contributed by atoms with van der Waals surface area (Å²) in [5.41, 5.74) is 12.7. The summed E-state index contributed by atoms with van der Waals surface area (Å²) in [6, 6.07) is 0.398. The van der Waals surface area contributed by atoms with Crippen LogP contribution in [-0.4, -0.2) is 20.6 Å². The summed E-state index contributed by atoms with van der Waals surface area (Å²) in [5, 5.41) is 4.06. The van der Waals surface area contributed by atoms with Crippen molar-refractivity contribution in [3.63, 3.8) is 0 Å². The number of nitrogens with one attached hydrogen (secondary N) is 1. The second-order valence-corrected chi connectivity index (χ2v) is 7.40. The molecule has 0 amide bonds. The van der Waals surface area contributed by atoms with E-state index in [2.05, 4.69) is 22.2 Å². The number of nitrogen functional groups attached to an aromatic ring is 2. The maximum atomic E-state index is 12.8. The number of hydrogen-bond donors (Lipinski definition) is 3. The zero-order valence-electron chi connectivity index (χ0n) is 15.8. The van der Waals surface area contributed by atoms with Crippen molar-refractivity contribution < 1.29 is 0 Å². The lowest BCUT2D eigenvalue weighted by Crippen LogP contribution is -2.29. The third kappa shape index (κ3) is 3.61. The van der Waals surface area contributed by atoms with Gasteiger partial charge in [0, 0.05) is 18.3 Å². The second-order valence-electron chi connectivity index (χ2n) is 7.40. The zero-order valence-corrected chi connectivity index (χ0v) is 15.8. The monoisotopic (exact) mass is 358 g/mol. The Morgan fingerprint density at radius 1 is 1.27 bits per heavy atom. The van der Waals surface area contributed by atoms with Crippen molar-refractivity contribution >= 4 is 28.4 Å².